The van der Waals surface area contributed by atoms with Crippen LogP contribution in [0.3, 0.4) is 0 Å². The van der Waals surface area contributed by atoms with E-state index in [9.17, 15) is 13.2 Å². The van der Waals surface area contributed by atoms with Crippen molar-refractivity contribution in [2.24, 2.45) is 0 Å². The third kappa shape index (κ3) is 4.84. The van der Waals surface area contributed by atoms with Gasteiger partial charge in [0, 0.05) is 19.2 Å². The molecule has 2 aromatic heterocycles. The van der Waals surface area contributed by atoms with E-state index in [0.29, 0.717) is 30.3 Å². The van der Waals surface area contributed by atoms with Crippen molar-refractivity contribution in [3.05, 3.63) is 58.9 Å². The smallest absolute Gasteiger partial charge is 0.338 e. The lowest BCUT2D eigenvalue weighted by Crippen LogP contribution is -2.32. The van der Waals surface area contributed by atoms with Crippen LogP contribution in [0.5, 0.6) is 0 Å². The monoisotopic (exact) mass is 464 g/mol. The number of halogens is 1. The van der Waals surface area contributed by atoms with Crippen molar-refractivity contribution in [2.75, 3.05) is 13.1 Å². The largest absolute Gasteiger partial charge is 0.461 e. The molecular formula is C21H21ClN2O6S. The second-order valence-corrected chi connectivity index (χ2v) is 9.51. The van der Waals surface area contributed by atoms with E-state index < -0.39 is 16.0 Å². The van der Waals surface area contributed by atoms with Crippen LogP contribution in [0.15, 0.2) is 56.5 Å². The van der Waals surface area contributed by atoms with Crippen molar-refractivity contribution >= 4 is 27.6 Å². The van der Waals surface area contributed by atoms with Crippen LogP contribution in [-0.4, -0.2) is 36.9 Å². The topological polar surface area (TPSA) is 103 Å². The molecule has 0 bridgehead atoms. The summed E-state index contributed by atoms with van der Waals surface area (Å²) in [6.45, 7) is 0.745. The summed E-state index contributed by atoms with van der Waals surface area (Å²) >= 11 is 6.18. The van der Waals surface area contributed by atoms with Gasteiger partial charge in [-0.2, -0.15) is 4.31 Å². The molecule has 0 N–H and O–H groups in total. The zero-order valence-corrected chi connectivity index (χ0v) is 18.2. The van der Waals surface area contributed by atoms with E-state index in [1.165, 1.54) is 28.8 Å². The summed E-state index contributed by atoms with van der Waals surface area (Å²) in [4.78, 5) is 12.4. The van der Waals surface area contributed by atoms with E-state index in [1.54, 1.807) is 18.2 Å². The molecule has 1 aliphatic rings. The number of hydrogen-bond acceptors (Lipinski definition) is 7. The van der Waals surface area contributed by atoms with E-state index >= 15 is 0 Å². The first kappa shape index (κ1) is 21.6. The Morgan fingerprint density at radius 1 is 1.10 bits per heavy atom. The molecule has 0 atom stereocenters. The zero-order chi connectivity index (χ0) is 21.8. The third-order valence-electron chi connectivity index (χ3n) is 5.02. The zero-order valence-electron chi connectivity index (χ0n) is 16.6. The van der Waals surface area contributed by atoms with Gasteiger partial charge in [0.2, 0.25) is 15.8 Å². The van der Waals surface area contributed by atoms with Gasteiger partial charge >= 0.3 is 5.97 Å². The summed E-state index contributed by atoms with van der Waals surface area (Å²) in [6.07, 6.45) is 5.10. The maximum Gasteiger partial charge on any atom is 0.338 e. The number of furan rings is 1. The summed E-state index contributed by atoms with van der Waals surface area (Å²) in [5.74, 6) is 0.228. The van der Waals surface area contributed by atoms with Gasteiger partial charge in [-0.3, -0.25) is 0 Å². The average molecular weight is 465 g/mol. The number of sulfonamides is 1. The highest BCUT2D eigenvalue weighted by molar-refractivity contribution is 7.89. The first-order valence-electron chi connectivity index (χ1n) is 9.91. The van der Waals surface area contributed by atoms with Gasteiger partial charge in [0.1, 0.15) is 17.2 Å². The van der Waals surface area contributed by atoms with E-state index in [0.717, 1.165) is 25.7 Å². The molecule has 8 nitrogen and oxygen atoms in total. The second kappa shape index (κ2) is 9.25. The highest BCUT2D eigenvalue weighted by atomic mass is 35.5. The van der Waals surface area contributed by atoms with Crippen LogP contribution < -0.4 is 0 Å². The number of benzene rings is 1. The van der Waals surface area contributed by atoms with Crippen LogP contribution in [0, 0.1) is 0 Å². The molecule has 1 aromatic carbocycles. The molecule has 164 valence electrons. The first-order valence-corrected chi connectivity index (χ1v) is 11.7. The van der Waals surface area contributed by atoms with E-state index in [4.69, 9.17) is 25.3 Å². The van der Waals surface area contributed by atoms with Crippen molar-refractivity contribution in [3.63, 3.8) is 0 Å². The number of hydrogen-bond donors (Lipinski definition) is 0. The maximum atomic E-state index is 13.1. The molecule has 0 amide bonds. The van der Waals surface area contributed by atoms with Crippen molar-refractivity contribution in [1.82, 2.24) is 9.46 Å². The molecular weight excluding hydrogens is 444 g/mol. The highest BCUT2D eigenvalue weighted by Crippen LogP contribution is 2.28. The minimum absolute atomic E-state index is 0.0698. The summed E-state index contributed by atoms with van der Waals surface area (Å²) < 4.78 is 43.3. The summed E-state index contributed by atoms with van der Waals surface area (Å²) in [5.41, 5.74) is 0.485. The molecule has 1 fully saturated rings. The van der Waals surface area contributed by atoms with Crippen LogP contribution in [-0.2, 0) is 21.4 Å². The van der Waals surface area contributed by atoms with Gasteiger partial charge in [0.15, 0.2) is 5.76 Å². The molecule has 31 heavy (non-hydrogen) atoms. The molecule has 0 aliphatic carbocycles. The number of aromatic nitrogens is 1. The third-order valence-corrected chi connectivity index (χ3v) is 7.40. The summed E-state index contributed by atoms with van der Waals surface area (Å²) in [7, 11) is -3.81. The molecule has 3 aromatic rings. The lowest BCUT2D eigenvalue weighted by molar-refractivity contribution is 0.0464. The molecule has 0 unspecified atom stereocenters. The van der Waals surface area contributed by atoms with Gasteiger partial charge < -0.3 is 13.7 Å². The fraction of sp³-hybridized carbons (Fsp3) is 0.333. The van der Waals surface area contributed by atoms with E-state index in [-0.39, 0.29) is 22.1 Å². The maximum absolute atomic E-state index is 13.1. The van der Waals surface area contributed by atoms with Gasteiger partial charge in [-0.05, 0) is 43.2 Å². The molecule has 0 radical (unpaired) electrons. The van der Waals surface area contributed by atoms with Crippen LogP contribution in [0.1, 0.15) is 41.7 Å². The second-order valence-electron chi connectivity index (χ2n) is 7.20. The fourth-order valence-electron chi connectivity index (χ4n) is 3.39. The van der Waals surface area contributed by atoms with Crippen LogP contribution in [0.2, 0.25) is 5.02 Å². The van der Waals surface area contributed by atoms with Crippen LogP contribution in [0.4, 0.5) is 0 Å². The number of ether oxygens (including phenoxy) is 1. The molecule has 4 rings (SSSR count). The Balaban J connectivity index is 1.48. The highest BCUT2D eigenvalue weighted by Gasteiger charge is 2.28. The van der Waals surface area contributed by atoms with Crippen molar-refractivity contribution in [1.29, 1.82) is 0 Å². The SMILES string of the molecule is O=C(OCc1cc(-c2ccco2)on1)c1ccc(Cl)c(S(=O)(=O)N2CCCCCC2)c1. The van der Waals surface area contributed by atoms with Gasteiger partial charge in [-0.1, -0.05) is 29.6 Å². The number of carbonyl (C=O) groups excluding carboxylic acids is 1. The molecule has 1 aliphatic heterocycles. The minimum Gasteiger partial charge on any atom is -0.461 e. The first-order chi connectivity index (χ1) is 14.9. The molecule has 0 spiro atoms. The molecule has 10 heteroatoms. The summed E-state index contributed by atoms with van der Waals surface area (Å²) in [5, 5.41) is 3.91. The van der Waals surface area contributed by atoms with Crippen LogP contribution >= 0.6 is 11.6 Å². The van der Waals surface area contributed by atoms with Crippen molar-refractivity contribution in [2.45, 2.75) is 37.2 Å². The number of rotatable bonds is 6. The van der Waals surface area contributed by atoms with Crippen LogP contribution in [0.25, 0.3) is 11.5 Å². The Morgan fingerprint density at radius 2 is 1.87 bits per heavy atom. The lowest BCUT2D eigenvalue weighted by atomic mass is 10.2. The fourth-order valence-corrected chi connectivity index (χ4v) is 5.40. The van der Waals surface area contributed by atoms with Crippen molar-refractivity contribution in [3.8, 4) is 11.5 Å². The average Bonchev–Trinajstić information content (AvgIpc) is 3.38. The van der Waals surface area contributed by atoms with E-state index in [1.807, 2.05) is 0 Å². The predicted octanol–water partition coefficient (Wildman–Crippen LogP) is 4.51. The Kier molecular flexibility index (Phi) is 6.45. The quantitative estimate of drug-likeness (QED) is 0.494. The minimum atomic E-state index is -3.81. The Morgan fingerprint density at radius 3 is 2.58 bits per heavy atom. The van der Waals surface area contributed by atoms with E-state index in [2.05, 4.69) is 5.16 Å². The van der Waals surface area contributed by atoms with Crippen molar-refractivity contribution < 1.29 is 26.9 Å². The predicted molar refractivity (Wildman–Crippen MR) is 112 cm³/mol. The summed E-state index contributed by atoms with van der Waals surface area (Å²) in [6, 6.07) is 9.13. The number of esters is 1. The standard InChI is InChI=1S/C21H21ClN2O6S/c22-17-8-7-15(12-20(17)31(26,27)24-9-3-1-2-4-10-24)21(25)29-14-16-13-19(30-23-16)18-6-5-11-28-18/h5-8,11-13H,1-4,9-10,14H2. The Bertz CT molecular complexity index is 1150. The van der Waals surface area contributed by atoms with Gasteiger partial charge in [0.25, 0.3) is 0 Å². The molecule has 1 saturated heterocycles. The number of nitrogens with zero attached hydrogens (tertiary/aromatic N) is 2. The van der Waals surface area contributed by atoms with Gasteiger partial charge in [0.05, 0.1) is 16.8 Å². The Hall–Kier alpha value is -2.62. The van der Waals surface area contributed by atoms with Gasteiger partial charge in [-0.25, -0.2) is 13.2 Å². The normalized spacial score (nSPS) is 15.5. The van der Waals surface area contributed by atoms with Gasteiger partial charge in [-0.15, -0.1) is 0 Å². The lowest BCUT2D eigenvalue weighted by Gasteiger charge is -2.21. The molecule has 3 heterocycles. The Labute approximate surface area is 184 Å². The molecule has 0 saturated carbocycles. The number of carbonyl (C=O) groups is 1.